The smallest absolute Gasteiger partial charge is 0.164 e. The zero-order valence-electron chi connectivity index (χ0n) is 35.9. The van der Waals surface area contributed by atoms with Gasteiger partial charge in [0.25, 0.3) is 0 Å². The molecule has 306 valence electrons. The first-order valence-electron chi connectivity index (χ1n) is 22.3. The highest BCUT2D eigenvalue weighted by Crippen LogP contribution is 2.41. The predicted molar refractivity (Wildman–Crippen MR) is 272 cm³/mol. The van der Waals surface area contributed by atoms with Crippen LogP contribution >= 0.6 is 0 Å². The maximum Gasteiger partial charge on any atom is 0.164 e. The van der Waals surface area contributed by atoms with Gasteiger partial charge in [-0.15, -0.1) is 0 Å². The van der Waals surface area contributed by atoms with E-state index in [1.807, 2.05) is 18.2 Å². The summed E-state index contributed by atoms with van der Waals surface area (Å²) < 4.78 is 4.89. The van der Waals surface area contributed by atoms with E-state index >= 15 is 0 Å². The van der Waals surface area contributed by atoms with Gasteiger partial charge in [-0.2, -0.15) is 0 Å². The van der Waals surface area contributed by atoms with Crippen LogP contribution in [0.4, 0.5) is 0 Å². The Labute approximate surface area is 377 Å². The van der Waals surface area contributed by atoms with Gasteiger partial charge in [-0.05, 0) is 75.1 Å². The van der Waals surface area contributed by atoms with Crippen LogP contribution in [0.25, 0.3) is 111 Å². The summed E-state index contributed by atoms with van der Waals surface area (Å²) in [4.78, 5) is 16.0. The molecule has 3 aromatic heterocycles. The van der Waals surface area contributed by atoms with E-state index in [1.54, 1.807) is 0 Å². The first kappa shape index (κ1) is 37.4. The van der Waals surface area contributed by atoms with Crippen molar-refractivity contribution in [2.45, 2.75) is 13.1 Å². The molecule has 0 fully saturated rings. The standard InChI is InChI=1S/C59H41N5Si/c1-65(2)54-31-16-12-25-47(54)48-33-32-40(37-55(48)65)58-60-57(39-20-7-4-8-21-39)61-59(62-58)42-34-41(38-18-5-3-6-19-38)35-43(36-42)63-50-27-13-11-24-46(50)49-26-17-30-53(56(49)63)64-51-28-14-9-22-44(51)45-23-10-15-29-52(45)64/h3-37H,1-2H3. The lowest BCUT2D eigenvalue weighted by Gasteiger charge is -2.19. The van der Waals surface area contributed by atoms with Gasteiger partial charge in [0, 0.05) is 43.9 Å². The van der Waals surface area contributed by atoms with Gasteiger partial charge in [0.2, 0.25) is 0 Å². The summed E-state index contributed by atoms with van der Waals surface area (Å²) in [6.07, 6.45) is 0. The molecule has 1 aliphatic heterocycles. The van der Waals surface area contributed by atoms with Gasteiger partial charge in [0.1, 0.15) is 8.07 Å². The molecule has 0 aliphatic carbocycles. The first-order valence-corrected chi connectivity index (χ1v) is 25.3. The number of aromatic nitrogens is 5. The molecule has 65 heavy (non-hydrogen) atoms. The number of hydrogen-bond acceptors (Lipinski definition) is 3. The number of fused-ring (bicyclic) bond motifs is 9. The molecule has 13 rings (SSSR count). The average Bonchev–Trinajstić information content (AvgIpc) is 3.97. The first-order chi connectivity index (χ1) is 32.0. The van der Waals surface area contributed by atoms with Crippen LogP contribution in [-0.2, 0) is 0 Å². The molecule has 0 amide bonds. The second-order valence-corrected chi connectivity index (χ2v) is 22.0. The van der Waals surface area contributed by atoms with Gasteiger partial charge in [-0.3, -0.25) is 0 Å². The van der Waals surface area contributed by atoms with Crippen LogP contribution in [-0.4, -0.2) is 32.2 Å². The van der Waals surface area contributed by atoms with Crippen molar-refractivity contribution >= 4 is 62.1 Å². The van der Waals surface area contributed by atoms with E-state index in [-0.39, 0.29) is 0 Å². The van der Waals surface area contributed by atoms with Crippen LogP contribution in [0.2, 0.25) is 13.1 Å². The second kappa shape index (κ2) is 14.4. The molecule has 0 radical (unpaired) electrons. The highest BCUT2D eigenvalue weighted by molar-refractivity contribution is 7.03. The topological polar surface area (TPSA) is 48.5 Å². The van der Waals surface area contributed by atoms with Gasteiger partial charge < -0.3 is 9.13 Å². The molecule has 0 spiro atoms. The molecule has 9 aromatic carbocycles. The van der Waals surface area contributed by atoms with Crippen molar-refractivity contribution in [2.75, 3.05) is 0 Å². The van der Waals surface area contributed by atoms with E-state index in [2.05, 4.69) is 216 Å². The maximum absolute atomic E-state index is 5.41. The summed E-state index contributed by atoms with van der Waals surface area (Å²) in [7, 11) is -1.96. The van der Waals surface area contributed by atoms with E-state index < -0.39 is 8.07 Å². The predicted octanol–water partition coefficient (Wildman–Crippen LogP) is 13.5. The number of hydrogen-bond donors (Lipinski definition) is 0. The molecule has 0 bridgehead atoms. The van der Waals surface area contributed by atoms with Crippen LogP contribution in [0.1, 0.15) is 0 Å². The molecule has 0 N–H and O–H groups in total. The van der Waals surface area contributed by atoms with Gasteiger partial charge >= 0.3 is 0 Å². The van der Waals surface area contributed by atoms with Crippen molar-refractivity contribution in [3.8, 4) is 67.8 Å². The summed E-state index contributed by atoms with van der Waals surface area (Å²) >= 11 is 0. The SMILES string of the molecule is C[Si]1(C)c2ccccc2-c2ccc(-c3nc(-c4ccccc4)nc(-c4cc(-c5ccccc5)cc(-n5c6ccccc6c6cccc(-n7c8ccccc8c8ccccc87)c65)c4)n3)cc21. The molecular weight excluding hydrogens is 807 g/mol. The van der Waals surface area contributed by atoms with Crippen molar-refractivity contribution < 1.29 is 0 Å². The van der Waals surface area contributed by atoms with Gasteiger partial charge in [0.15, 0.2) is 17.5 Å². The van der Waals surface area contributed by atoms with Gasteiger partial charge in [-0.25, -0.2) is 15.0 Å². The lowest BCUT2D eigenvalue weighted by molar-refractivity contribution is 1.07. The Hall–Kier alpha value is -8.19. The zero-order chi connectivity index (χ0) is 43.2. The van der Waals surface area contributed by atoms with Gasteiger partial charge in [0.05, 0.1) is 27.8 Å². The lowest BCUT2D eigenvalue weighted by Crippen LogP contribution is -2.49. The highest BCUT2D eigenvalue weighted by Gasteiger charge is 2.37. The average molecular weight is 848 g/mol. The number of rotatable bonds is 6. The molecule has 5 nitrogen and oxygen atoms in total. The molecular formula is C59H41N5Si. The van der Waals surface area contributed by atoms with Crippen LogP contribution in [0, 0.1) is 0 Å². The van der Waals surface area contributed by atoms with Crippen LogP contribution in [0.5, 0.6) is 0 Å². The maximum atomic E-state index is 5.41. The van der Waals surface area contributed by atoms with Crippen LogP contribution < -0.4 is 10.4 Å². The van der Waals surface area contributed by atoms with Gasteiger partial charge in [-0.1, -0.05) is 183 Å². The highest BCUT2D eigenvalue weighted by atomic mass is 28.3. The van der Waals surface area contributed by atoms with Crippen molar-refractivity contribution in [1.29, 1.82) is 0 Å². The fraction of sp³-hybridized carbons (Fsp3) is 0.0339. The Bertz CT molecular complexity index is 3810. The molecule has 6 heteroatoms. The summed E-state index contributed by atoms with van der Waals surface area (Å²) in [6, 6.07) is 76.5. The van der Waals surface area contributed by atoms with Crippen LogP contribution in [0.3, 0.4) is 0 Å². The summed E-state index contributed by atoms with van der Waals surface area (Å²) in [5, 5.41) is 7.73. The van der Waals surface area contributed by atoms with E-state index in [0.717, 1.165) is 50.2 Å². The third-order valence-corrected chi connectivity index (χ3v) is 17.1. The van der Waals surface area contributed by atoms with E-state index in [0.29, 0.717) is 17.5 Å². The third kappa shape index (κ3) is 5.81. The largest absolute Gasteiger partial charge is 0.307 e. The molecule has 0 atom stereocenters. The van der Waals surface area contributed by atoms with Crippen molar-refractivity contribution in [3.63, 3.8) is 0 Å². The van der Waals surface area contributed by atoms with Crippen molar-refractivity contribution in [1.82, 2.24) is 24.1 Å². The normalized spacial score (nSPS) is 12.9. The number of nitrogens with zero attached hydrogens (tertiary/aromatic N) is 5. The fourth-order valence-corrected chi connectivity index (χ4v) is 13.6. The zero-order valence-corrected chi connectivity index (χ0v) is 36.9. The minimum atomic E-state index is -1.96. The minimum Gasteiger partial charge on any atom is -0.307 e. The Morgan fingerprint density at radius 2 is 0.846 bits per heavy atom. The Morgan fingerprint density at radius 1 is 0.338 bits per heavy atom. The van der Waals surface area contributed by atoms with E-state index in [9.17, 15) is 0 Å². The second-order valence-electron chi connectivity index (χ2n) is 17.6. The number of para-hydroxylation sites is 4. The Morgan fingerprint density at radius 3 is 1.54 bits per heavy atom. The third-order valence-electron chi connectivity index (χ3n) is 13.5. The lowest BCUT2D eigenvalue weighted by atomic mass is 10.0. The monoisotopic (exact) mass is 847 g/mol. The fourth-order valence-electron chi connectivity index (χ4n) is 10.5. The molecule has 1 aliphatic rings. The van der Waals surface area contributed by atoms with Crippen LogP contribution in [0.15, 0.2) is 212 Å². The quantitative estimate of drug-likeness (QED) is 0.157. The van der Waals surface area contributed by atoms with E-state index in [1.165, 1.54) is 54.1 Å². The van der Waals surface area contributed by atoms with E-state index in [4.69, 9.17) is 15.0 Å². The molecule has 0 saturated carbocycles. The molecule has 12 aromatic rings. The minimum absolute atomic E-state index is 0.622. The Balaban J connectivity index is 1.08. The molecule has 0 unspecified atom stereocenters. The summed E-state index contributed by atoms with van der Waals surface area (Å²) in [5.41, 5.74) is 14.4. The summed E-state index contributed by atoms with van der Waals surface area (Å²) in [5.74, 6) is 1.93. The molecule has 0 saturated heterocycles. The van der Waals surface area contributed by atoms with Crippen molar-refractivity contribution in [2.24, 2.45) is 0 Å². The Kier molecular flexibility index (Phi) is 8.29. The number of benzene rings is 9. The summed E-state index contributed by atoms with van der Waals surface area (Å²) in [6.45, 7) is 4.90. The molecule has 4 heterocycles. The van der Waals surface area contributed by atoms with Crippen molar-refractivity contribution in [3.05, 3.63) is 212 Å².